The largest absolute Gasteiger partial charge is 0.481 e. The van der Waals surface area contributed by atoms with Crippen LogP contribution in [0.2, 0.25) is 0 Å². The van der Waals surface area contributed by atoms with E-state index < -0.39 is 11.9 Å². The molecule has 4 nitrogen and oxygen atoms in total. The standard InChI is InChI=1S/C16H27NO3/c1-2-11-7-3-6-10-14(11)17-15(18)12-8-4-5-9-13(12)16(19)20/h11-14H,2-10H2,1H3,(H,17,18)(H,19,20)/t11?,12-,13+,14?/m1/s1. The SMILES string of the molecule is CCC1CCCCC1NC(=O)[C@@H]1CCCC[C@@H]1C(=O)O. The normalized spacial score (nSPS) is 34.5. The Morgan fingerprint density at radius 1 is 1.00 bits per heavy atom. The molecule has 20 heavy (non-hydrogen) atoms. The summed E-state index contributed by atoms with van der Waals surface area (Å²) in [5.41, 5.74) is 0. The number of amides is 1. The number of hydrogen-bond donors (Lipinski definition) is 2. The molecule has 0 radical (unpaired) electrons. The predicted molar refractivity (Wildman–Crippen MR) is 77.3 cm³/mol. The molecule has 0 aromatic rings. The number of carboxylic acid groups (broad SMARTS) is 1. The van der Waals surface area contributed by atoms with Crippen LogP contribution in [0.1, 0.15) is 64.7 Å². The second-order valence-electron chi connectivity index (χ2n) is 6.40. The summed E-state index contributed by atoms with van der Waals surface area (Å²) in [5, 5.41) is 12.5. The van der Waals surface area contributed by atoms with E-state index in [0.717, 1.165) is 32.1 Å². The van der Waals surface area contributed by atoms with Crippen LogP contribution in [0.4, 0.5) is 0 Å². The lowest BCUT2D eigenvalue weighted by molar-refractivity contribution is -0.149. The third-order valence-electron chi connectivity index (χ3n) is 5.18. The van der Waals surface area contributed by atoms with Gasteiger partial charge in [-0.1, -0.05) is 39.0 Å². The highest BCUT2D eigenvalue weighted by Crippen LogP contribution is 2.32. The lowest BCUT2D eigenvalue weighted by Crippen LogP contribution is -2.47. The summed E-state index contributed by atoms with van der Waals surface area (Å²) >= 11 is 0. The van der Waals surface area contributed by atoms with Gasteiger partial charge < -0.3 is 10.4 Å². The summed E-state index contributed by atoms with van der Waals surface area (Å²) < 4.78 is 0. The van der Waals surface area contributed by atoms with Gasteiger partial charge in [0.25, 0.3) is 0 Å². The molecule has 0 saturated heterocycles. The van der Waals surface area contributed by atoms with Crippen molar-refractivity contribution in [3.63, 3.8) is 0 Å². The highest BCUT2D eigenvalue weighted by atomic mass is 16.4. The molecule has 0 bridgehead atoms. The molecule has 2 aliphatic carbocycles. The number of carboxylic acids is 1. The summed E-state index contributed by atoms with van der Waals surface area (Å²) in [4.78, 5) is 23.8. The maximum Gasteiger partial charge on any atom is 0.307 e. The van der Waals surface area contributed by atoms with Crippen LogP contribution in [0.3, 0.4) is 0 Å². The Labute approximate surface area is 121 Å². The molecule has 0 heterocycles. The maximum atomic E-state index is 12.5. The maximum absolute atomic E-state index is 12.5. The van der Waals surface area contributed by atoms with E-state index in [2.05, 4.69) is 12.2 Å². The van der Waals surface area contributed by atoms with E-state index in [0.29, 0.717) is 12.3 Å². The molecule has 2 rings (SSSR count). The minimum absolute atomic E-state index is 0.0116. The lowest BCUT2D eigenvalue weighted by atomic mass is 9.77. The second kappa shape index (κ2) is 7.09. The number of hydrogen-bond acceptors (Lipinski definition) is 2. The summed E-state index contributed by atoms with van der Waals surface area (Å²) in [6, 6.07) is 0.262. The Hall–Kier alpha value is -1.06. The molecule has 0 aromatic heterocycles. The summed E-state index contributed by atoms with van der Waals surface area (Å²) in [7, 11) is 0. The van der Waals surface area contributed by atoms with Gasteiger partial charge >= 0.3 is 5.97 Å². The Balaban J connectivity index is 1.96. The molecule has 2 N–H and O–H groups in total. The first-order valence-electron chi connectivity index (χ1n) is 8.16. The molecule has 2 aliphatic rings. The van der Waals surface area contributed by atoms with Gasteiger partial charge in [0.1, 0.15) is 0 Å². The van der Waals surface area contributed by atoms with Gasteiger partial charge in [-0.2, -0.15) is 0 Å². The predicted octanol–water partition coefficient (Wildman–Crippen LogP) is 2.96. The molecule has 0 aromatic carbocycles. The number of carbonyl (C=O) groups is 2. The molecule has 4 heteroatoms. The molecular formula is C16H27NO3. The summed E-state index contributed by atoms with van der Waals surface area (Å²) in [6.45, 7) is 2.18. The molecule has 2 saturated carbocycles. The first-order chi connectivity index (χ1) is 9.63. The van der Waals surface area contributed by atoms with E-state index >= 15 is 0 Å². The van der Waals surface area contributed by atoms with E-state index in [1.807, 2.05) is 0 Å². The number of nitrogens with one attached hydrogen (secondary N) is 1. The van der Waals surface area contributed by atoms with Gasteiger partial charge in [-0.15, -0.1) is 0 Å². The lowest BCUT2D eigenvalue weighted by Gasteiger charge is -2.34. The molecule has 0 aliphatic heterocycles. The fourth-order valence-corrected chi connectivity index (χ4v) is 3.92. The van der Waals surface area contributed by atoms with Crippen LogP contribution < -0.4 is 5.32 Å². The van der Waals surface area contributed by atoms with E-state index in [4.69, 9.17) is 0 Å². The van der Waals surface area contributed by atoms with Gasteiger partial charge in [-0.3, -0.25) is 9.59 Å². The van der Waals surface area contributed by atoms with E-state index in [1.54, 1.807) is 0 Å². The Bertz CT molecular complexity index is 356. The molecule has 114 valence electrons. The van der Waals surface area contributed by atoms with Crippen LogP contribution in [0.5, 0.6) is 0 Å². The third kappa shape index (κ3) is 3.53. The topological polar surface area (TPSA) is 66.4 Å². The highest BCUT2D eigenvalue weighted by molar-refractivity contribution is 5.85. The fraction of sp³-hybridized carbons (Fsp3) is 0.875. The van der Waals surface area contributed by atoms with Crippen molar-refractivity contribution in [1.82, 2.24) is 5.32 Å². The fourth-order valence-electron chi connectivity index (χ4n) is 3.92. The third-order valence-corrected chi connectivity index (χ3v) is 5.18. The number of aliphatic carboxylic acids is 1. The summed E-state index contributed by atoms with van der Waals surface area (Å²) in [5.74, 6) is -1.05. The quantitative estimate of drug-likeness (QED) is 0.832. The van der Waals surface area contributed by atoms with Crippen molar-refractivity contribution in [3.8, 4) is 0 Å². The van der Waals surface area contributed by atoms with Gasteiger partial charge in [0.2, 0.25) is 5.91 Å². The zero-order chi connectivity index (χ0) is 14.5. The van der Waals surface area contributed by atoms with Crippen molar-refractivity contribution in [2.75, 3.05) is 0 Å². The average molecular weight is 281 g/mol. The van der Waals surface area contributed by atoms with Crippen molar-refractivity contribution in [2.45, 2.75) is 70.8 Å². The Morgan fingerprint density at radius 3 is 2.25 bits per heavy atom. The van der Waals surface area contributed by atoms with Gasteiger partial charge in [-0.05, 0) is 31.6 Å². The Morgan fingerprint density at radius 2 is 1.60 bits per heavy atom. The van der Waals surface area contributed by atoms with Gasteiger partial charge in [-0.25, -0.2) is 0 Å². The number of carbonyl (C=O) groups excluding carboxylic acids is 1. The van der Waals surface area contributed by atoms with Gasteiger partial charge in [0.15, 0.2) is 0 Å². The highest BCUT2D eigenvalue weighted by Gasteiger charge is 2.37. The van der Waals surface area contributed by atoms with Crippen molar-refractivity contribution in [3.05, 3.63) is 0 Å². The van der Waals surface area contributed by atoms with Crippen LogP contribution in [-0.4, -0.2) is 23.0 Å². The van der Waals surface area contributed by atoms with Gasteiger partial charge in [0, 0.05) is 6.04 Å². The van der Waals surface area contributed by atoms with Crippen molar-refractivity contribution in [1.29, 1.82) is 0 Å². The zero-order valence-electron chi connectivity index (χ0n) is 12.4. The van der Waals surface area contributed by atoms with Crippen LogP contribution in [-0.2, 0) is 9.59 Å². The van der Waals surface area contributed by atoms with E-state index in [9.17, 15) is 14.7 Å². The number of rotatable bonds is 4. The van der Waals surface area contributed by atoms with Crippen LogP contribution >= 0.6 is 0 Å². The average Bonchev–Trinajstić information content (AvgIpc) is 2.47. The Kier molecular flexibility index (Phi) is 5.44. The van der Waals surface area contributed by atoms with E-state index in [-0.39, 0.29) is 17.9 Å². The smallest absolute Gasteiger partial charge is 0.307 e. The summed E-state index contributed by atoms with van der Waals surface area (Å²) in [6.07, 6.45) is 9.05. The van der Waals surface area contributed by atoms with Crippen molar-refractivity contribution < 1.29 is 14.7 Å². The van der Waals surface area contributed by atoms with Crippen LogP contribution in [0, 0.1) is 17.8 Å². The zero-order valence-corrected chi connectivity index (χ0v) is 12.4. The van der Waals surface area contributed by atoms with E-state index in [1.165, 1.54) is 19.3 Å². The minimum Gasteiger partial charge on any atom is -0.481 e. The van der Waals surface area contributed by atoms with Crippen molar-refractivity contribution in [2.24, 2.45) is 17.8 Å². The van der Waals surface area contributed by atoms with Crippen LogP contribution in [0.25, 0.3) is 0 Å². The molecule has 1 amide bonds. The van der Waals surface area contributed by atoms with Gasteiger partial charge in [0.05, 0.1) is 11.8 Å². The molecular weight excluding hydrogens is 254 g/mol. The first-order valence-corrected chi connectivity index (χ1v) is 8.16. The minimum atomic E-state index is -0.805. The molecule has 2 unspecified atom stereocenters. The van der Waals surface area contributed by atoms with Crippen molar-refractivity contribution >= 4 is 11.9 Å². The molecule has 0 spiro atoms. The second-order valence-corrected chi connectivity index (χ2v) is 6.40. The van der Waals surface area contributed by atoms with Crippen LogP contribution in [0.15, 0.2) is 0 Å². The monoisotopic (exact) mass is 281 g/mol. The molecule has 2 fully saturated rings. The molecule has 4 atom stereocenters. The first kappa shape index (κ1) is 15.3.